The molecule has 3 saturated heterocycles. The number of nitrogens with zero attached hydrogens (tertiary/aromatic N) is 4. The maximum atomic E-state index is 14.3. The number of carbonyl (C=O) groups is 2. The van der Waals surface area contributed by atoms with E-state index in [9.17, 15) is 14.0 Å². The van der Waals surface area contributed by atoms with Gasteiger partial charge in [-0.3, -0.25) is 19.6 Å². The summed E-state index contributed by atoms with van der Waals surface area (Å²) in [6.07, 6.45) is 9.01. The molecule has 3 atom stereocenters. The quantitative estimate of drug-likeness (QED) is 0.660. The van der Waals surface area contributed by atoms with Crippen LogP contribution in [0.25, 0.3) is 11.3 Å². The van der Waals surface area contributed by atoms with E-state index >= 15 is 0 Å². The third kappa shape index (κ3) is 4.25. The molecule has 2 aromatic heterocycles. The van der Waals surface area contributed by atoms with Gasteiger partial charge in [-0.05, 0) is 64.0 Å². The Balaban J connectivity index is 1.10. The number of fused-ring (bicyclic) bond motifs is 1. The molecule has 3 aliphatic heterocycles. The van der Waals surface area contributed by atoms with E-state index in [1.54, 1.807) is 6.07 Å². The van der Waals surface area contributed by atoms with Gasteiger partial charge >= 0.3 is 0 Å². The zero-order valence-electron chi connectivity index (χ0n) is 20.6. The molecule has 9 nitrogen and oxygen atoms in total. The fourth-order valence-corrected chi connectivity index (χ4v) is 6.46. The van der Waals surface area contributed by atoms with Gasteiger partial charge < -0.3 is 15.0 Å². The number of ether oxygens (including phenoxy) is 1. The zero-order chi connectivity index (χ0) is 24.9. The Kier molecular flexibility index (Phi) is 5.94. The molecule has 1 spiro atoms. The maximum absolute atomic E-state index is 14.3. The van der Waals surface area contributed by atoms with Gasteiger partial charge in [-0.1, -0.05) is 0 Å². The number of rotatable bonds is 5. The number of hydrogen-bond donors (Lipinski definition) is 2. The van der Waals surface area contributed by atoms with E-state index in [0.29, 0.717) is 36.8 Å². The fourth-order valence-electron chi connectivity index (χ4n) is 6.46. The Labute approximate surface area is 209 Å². The van der Waals surface area contributed by atoms with Crippen molar-refractivity contribution in [2.45, 2.75) is 69.0 Å². The number of carbonyl (C=O) groups excluding carboxylic acids is 2. The lowest BCUT2D eigenvalue weighted by atomic mass is 9.87. The number of pyridine rings is 1. The molecule has 2 aromatic rings. The third-order valence-corrected chi connectivity index (χ3v) is 8.62. The summed E-state index contributed by atoms with van der Waals surface area (Å²) in [7, 11) is 1.46. The standard InChI is InChI=1S/C26H33FN6O3/c1-36-23-11-19(20(27)14-28-23)21-12-22(31-30-21)25(35)33-10-6-16(13-26(33)7-8-26)24(34)29-17-4-5-18-3-2-9-32(18)15-17/h11-12,14,16-18H,2-10,13,15H2,1H3,(H,29,34)(H,30,31)/t16-,17-,18-/m0/s1. The molecule has 1 aliphatic carbocycles. The highest BCUT2D eigenvalue weighted by molar-refractivity contribution is 5.94. The van der Waals surface area contributed by atoms with Crippen molar-refractivity contribution >= 4 is 11.8 Å². The molecule has 10 heteroatoms. The van der Waals surface area contributed by atoms with Crippen LogP contribution in [0, 0.1) is 11.7 Å². The van der Waals surface area contributed by atoms with Crippen LogP contribution in [0.4, 0.5) is 4.39 Å². The third-order valence-electron chi connectivity index (χ3n) is 8.62. The molecule has 2 amide bonds. The molecule has 4 aliphatic rings. The predicted octanol–water partition coefficient (Wildman–Crippen LogP) is 2.75. The molecule has 5 heterocycles. The Morgan fingerprint density at radius 2 is 2.06 bits per heavy atom. The summed E-state index contributed by atoms with van der Waals surface area (Å²) >= 11 is 0. The van der Waals surface area contributed by atoms with Crippen LogP contribution in [0.2, 0.25) is 0 Å². The van der Waals surface area contributed by atoms with Crippen molar-refractivity contribution in [3.8, 4) is 17.1 Å². The highest BCUT2D eigenvalue weighted by atomic mass is 19.1. The van der Waals surface area contributed by atoms with E-state index < -0.39 is 5.82 Å². The van der Waals surface area contributed by atoms with E-state index in [4.69, 9.17) is 4.74 Å². The average molecular weight is 497 g/mol. The van der Waals surface area contributed by atoms with Crippen molar-refractivity contribution in [1.82, 2.24) is 30.3 Å². The van der Waals surface area contributed by atoms with E-state index in [0.717, 1.165) is 38.5 Å². The summed E-state index contributed by atoms with van der Waals surface area (Å²) in [5.74, 6) is -0.345. The van der Waals surface area contributed by atoms with E-state index in [1.807, 2.05) is 4.90 Å². The number of hydrogen-bond acceptors (Lipinski definition) is 6. The number of aromatic amines is 1. The average Bonchev–Trinajstić information content (AvgIpc) is 3.28. The Morgan fingerprint density at radius 3 is 2.86 bits per heavy atom. The predicted molar refractivity (Wildman–Crippen MR) is 130 cm³/mol. The van der Waals surface area contributed by atoms with Gasteiger partial charge in [-0.25, -0.2) is 9.37 Å². The van der Waals surface area contributed by atoms with Gasteiger partial charge in [0.25, 0.3) is 5.91 Å². The van der Waals surface area contributed by atoms with Gasteiger partial charge in [0.1, 0.15) is 5.69 Å². The Morgan fingerprint density at radius 1 is 1.19 bits per heavy atom. The second kappa shape index (κ2) is 9.14. The van der Waals surface area contributed by atoms with Crippen molar-refractivity contribution in [3.63, 3.8) is 0 Å². The number of amides is 2. The van der Waals surface area contributed by atoms with Gasteiger partial charge in [0.15, 0.2) is 5.82 Å². The summed E-state index contributed by atoms with van der Waals surface area (Å²) in [6, 6.07) is 3.98. The van der Waals surface area contributed by atoms with Crippen LogP contribution in [0.3, 0.4) is 0 Å². The summed E-state index contributed by atoms with van der Waals surface area (Å²) in [4.78, 5) is 34.9. The van der Waals surface area contributed by atoms with E-state index in [-0.39, 0.29) is 40.8 Å². The molecule has 36 heavy (non-hydrogen) atoms. The number of aromatic nitrogens is 3. The largest absolute Gasteiger partial charge is 0.481 e. The number of likely N-dealkylation sites (tertiary alicyclic amines) is 1. The first-order valence-electron chi connectivity index (χ1n) is 13.1. The minimum absolute atomic E-state index is 0.0661. The van der Waals surface area contributed by atoms with Crippen molar-refractivity contribution in [1.29, 1.82) is 0 Å². The number of halogens is 1. The second-order valence-electron chi connectivity index (χ2n) is 10.8. The first kappa shape index (κ1) is 23.4. The van der Waals surface area contributed by atoms with Crippen LogP contribution in [-0.4, -0.2) is 81.2 Å². The van der Waals surface area contributed by atoms with E-state index in [1.165, 1.54) is 32.4 Å². The Bertz CT molecular complexity index is 1160. The molecule has 6 rings (SSSR count). The van der Waals surface area contributed by atoms with Crippen LogP contribution in [0.15, 0.2) is 18.3 Å². The molecule has 1 saturated carbocycles. The number of H-pyrrole nitrogens is 1. The number of nitrogens with one attached hydrogen (secondary N) is 2. The minimum Gasteiger partial charge on any atom is -0.481 e. The van der Waals surface area contributed by atoms with Crippen LogP contribution in [0.5, 0.6) is 5.88 Å². The lowest BCUT2D eigenvalue weighted by Gasteiger charge is -2.40. The topological polar surface area (TPSA) is 103 Å². The van der Waals surface area contributed by atoms with Crippen LogP contribution < -0.4 is 10.1 Å². The molecule has 2 N–H and O–H groups in total. The molecule has 0 bridgehead atoms. The second-order valence-corrected chi connectivity index (χ2v) is 10.8. The molecule has 192 valence electrons. The summed E-state index contributed by atoms with van der Waals surface area (Å²) in [5.41, 5.74) is 0.595. The van der Waals surface area contributed by atoms with Crippen molar-refractivity contribution in [2.75, 3.05) is 26.7 Å². The van der Waals surface area contributed by atoms with Crippen LogP contribution >= 0.6 is 0 Å². The first-order valence-corrected chi connectivity index (χ1v) is 13.1. The van der Waals surface area contributed by atoms with Crippen molar-refractivity contribution < 1.29 is 18.7 Å². The molecule has 0 radical (unpaired) electrons. The number of methoxy groups -OCH3 is 1. The van der Waals surface area contributed by atoms with Gasteiger partial charge in [0.2, 0.25) is 11.8 Å². The summed E-state index contributed by atoms with van der Waals surface area (Å²) in [6.45, 7) is 2.64. The Hall–Kier alpha value is -3.01. The summed E-state index contributed by atoms with van der Waals surface area (Å²) in [5, 5.41) is 10.3. The van der Waals surface area contributed by atoms with Crippen molar-refractivity contribution in [3.05, 3.63) is 29.8 Å². The monoisotopic (exact) mass is 496 g/mol. The molecular weight excluding hydrogens is 463 g/mol. The van der Waals surface area contributed by atoms with Gasteiger partial charge in [0.05, 0.1) is 19.0 Å². The minimum atomic E-state index is -0.537. The number of piperidine rings is 2. The molecule has 4 fully saturated rings. The van der Waals surface area contributed by atoms with E-state index in [2.05, 4.69) is 25.4 Å². The lowest BCUT2D eigenvalue weighted by molar-refractivity contribution is -0.128. The highest BCUT2D eigenvalue weighted by Crippen LogP contribution is 2.50. The van der Waals surface area contributed by atoms with Crippen LogP contribution in [-0.2, 0) is 4.79 Å². The SMILES string of the molecule is COc1cc(-c2cc(C(=O)N3CC[C@H](C(=O)N[C@H]4CC[C@@H]5CCCN5C4)CC34CC4)[nH]n2)c(F)cn1. The van der Waals surface area contributed by atoms with Gasteiger partial charge in [0, 0.05) is 48.3 Å². The maximum Gasteiger partial charge on any atom is 0.272 e. The fraction of sp³-hybridized carbons (Fsp3) is 0.615. The lowest BCUT2D eigenvalue weighted by Crippen LogP contribution is -2.54. The highest BCUT2D eigenvalue weighted by Gasteiger charge is 2.54. The smallest absolute Gasteiger partial charge is 0.272 e. The molecule has 0 aromatic carbocycles. The van der Waals surface area contributed by atoms with Crippen LogP contribution in [0.1, 0.15) is 61.9 Å². The normalized spacial score (nSPS) is 27.1. The first-order chi connectivity index (χ1) is 17.5. The summed E-state index contributed by atoms with van der Waals surface area (Å²) < 4.78 is 19.4. The zero-order valence-corrected chi connectivity index (χ0v) is 20.6. The van der Waals surface area contributed by atoms with Gasteiger partial charge in [-0.15, -0.1) is 0 Å². The van der Waals surface area contributed by atoms with Gasteiger partial charge in [-0.2, -0.15) is 5.10 Å². The molecular formula is C26H33FN6O3. The van der Waals surface area contributed by atoms with Crippen molar-refractivity contribution in [2.24, 2.45) is 5.92 Å². The molecule has 0 unspecified atom stereocenters.